The van der Waals surface area contributed by atoms with E-state index in [-0.39, 0.29) is 11.9 Å². The number of nitrogens with zero attached hydrogens (tertiary/aromatic N) is 3. The van der Waals surface area contributed by atoms with E-state index >= 15 is 0 Å². The summed E-state index contributed by atoms with van der Waals surface area (Å²) in [5.74, 6) is 2.05. The standard InChI is InChI=1S/C14H21N3O3/c1-19-9-11-3-2-8-17(11)13(18)7-6-12-15-14(16-20-12)10-4-5-10/h10-11H,2-9H2,1H3. The summed E-state index contributed by atoms with van der Waals surface area (Å²) in [6.07, 6.45) is 5.38. The SMILES string of the molecule is COCC1CCCN1C(=O)CCc1nc(C2CC2)no1. The molecule has 2 fully saturated rings. The number of hydrogen-bond acceptors (Lipinski definition) is 5. The zero-order valence-corrected chi connectivity index (χ0v) is 11.9. The van der Waals surface area contributed by atoms with E-state index < -0.39 is 0 Å². The monoisotopic (exact) mass is 279 g/mol. The minimum Gasteiger partial charge on any atom is -0.383 e. The van der Waals surface area contributed by atoms with Crippen molar-refractivity contribution in [1.82, 2.24) is 15.0 Å². The molecule has 2 aliphatic rings. The molecule has 20 heavy (non-hydrogen) atoms. The molecule has 110 valence electrons. The smallest absolute Gasteiger partial charge is 0.227 e. The third kappa shape index (κ3) is 3.00. The summed E-state index contributed by atoms with van der Waals surface area (Å²) in [6, 6.07) is 0.234. The van der Waals surface area contributed by atoms with Crippen LogP contribution >= 0.6 is 0 Å². The number of carbonyl (C=O) groups excluding carboxylic acids is 1. The van der Waals surface area contributed by atoms with Gasteiger partial charge in [0.25, 0.3) is 0 Å². The normalized spacial score (nSPS) is 22.4. The first-order valence-corrected chi connectivity index (χ1v) is 7.39. The molecule has 0 bridgehead atoms. The lowest BCUT2D eigenvalue weighted by atomic mass is 10.2. The maximum Gasteiger partial charge on any atom is 0.227 e. The zero-order valence-electron chi connectivity index (χ0n) is 11.9. The molecule has 1 aliphatic carbocycles. The minimum absolute atomic E-state index is 0.163. The third-order valence-corrected chi connectivity index (χ3v) is 4.04. The van der Waals surface area contributed by atoms with Crippen molar-refractivity contribution in [2.45, 2.75) is 50.5 Å². The Bertz CT molecular complexity index is 470. The molecule has 1 atom stereocenters. The van der Waals surface area contributed by atoms with Crippen molar-refractivity contribution in [3.8, 4) is 0 Å². The molecule has 1 unspecified atom stereocenters. The van der Waals surface area contributed by atoms with Crippen LogP contribution in [0, 0.1) is 0 Å². The highest BCUT2D eigenvalue weighted by molar-refractivity contribution is 5.77. The lowest BCUT2D eigenvalue weighted by Crippen LogP contribution is -2.38. The highest BCUT2D eigenvalue weighted by Gasteiger charge is 2.30. The first-order chi connectivity index (χ1) is 9.78. The average Bonchev–Trinajstić information content (AvgIpc) is 3.01. The molecule has 0 aromatic carbocycles. The predicted octanol–water partition coefficient (Wildman–Crippen LogP) is 1.52. The van der Waals surface area contributed by atoms with Gasteiger partial charge in [0.15, 0.2) is 5.82 Å². The molecular weight excluding hydrogens is 258 g/mol. The summed E-state index contributed by atoms with van der Waals surface area (Å²) in [5, 5.41) is 3.97. The zero-order chi connectivity index (χ0) is 13.9. The van der Waals surface area contributed by atoms with Crippen molar-refractivity contribution in [3.63, 3.8) is 0 Å². The van der Waals surface area contributed by atoms with Crippen LogP contribution < -0.4 is 0 Å². The number of rotatable bonds is 6. The number of amides is 1. The molecule has 1 aromatic heterocycles. The second-order valence-corrected chi connectivity index (χ2v) is 5.66. The van der Waals surface area contributed by atoms with Gasteiger partial charge in [-0.2, -0.15) is 4.98 Å². The van der Waals surface area contributed by atoms with Gasteiger partial charge in [-0.3, -0.25) is 4.79 Å². The first-order valence-electron chi connectivity index (χ1n) is 7.39. The molecule has 6 heteroatoms. The van der Waals surface area contributed by atoms with Crippen LogP contribution in [-0.4, -0.2) is 47.3 Å². The van der Waals surface area contributed by atoms with Crippen molar-refractivity contribution in [2.24, 2.45) is 0 Å². The molecule has 3 rings (SSSR count). The molecule has 0 spiro atoms. The van der Waals surface area contributed by atoms with Gasteiger partial charge in [-0.1, -0.05) is 5.16 Å². The Kier molecular flexibility index (Phi) is 4.00. The number of methoxy groups -OCH3 is 1. The lowest BCUT2D eigenvalue weighted by Gasteiger charge is -2.23. The van der Waals surface area contributed by atoms with Gasteiger partial charge in [0, 0.05) is 32.4 Å². The molecule has 1 saturated heterocycles. The third-order valence-electron chi connectivity index (χ3n) is 4.04. The van der Waals surface area contributed by atoms with E-state index in [4.69, 9.17) is 9.26 Å². The fourth-order valence-corrected chi connectivity index (χ4v) is 2.76. The summed E-state index contributed by atoms with van der Waals surface area (Å²) < 4.78 is 10.4. The summed E-state index contributed by atoms with van der Waals surface area (Å²) in [6.45, 7) is 1.46. The Balaban J connectivity index is 1.50. The van der Waals surface area contributed by atoms with Crippen molar-refractivity contribution in [2.75, 3.05) is 20.3 Å². The second kappa shape index (κ2) is 5.91. The van der Waals surface area contributed by atoms with E-state index in [1.54, 1.807) is 7.11 Å². The fraction of sp³-hybridized carbons (Fsp3) is 0.786. The number of likely N-dealkylation sites (tertiary alicyclic amines) is 1. The second-order valence-electron chi connectivity index (χ2n) is 5.66. The number of aromatic nitrogens is 2. The Morgan fingerprint density at radius 2 is 2.30 bits per heavy atom. The minimum atomic E-state index is 0.163. The summed E-state index contributed by atoms with van der Waals surface area (Å²) in [4.78, 5) is 18.5. The van der Waals surface area contributed by atoms with E-state index in [0.29, 0.717) is 31.3 Å². The van der Waals surface area contributed by atoms with Gasteiger partial charge in [-0.05, 0) is 25.7 Å². The molecule has 1 amide bonds. The van der Waals surface area contributed by atoms with Gasteiger partial charge in [0.2, 0.25) is 11.8 Å². The first kappa shape index (κ1) is 13.5. The van der Waals surface area contributed by atoms with Gasteiger partial charge in [0.05, 0.1) is 12.6 Å². The van der Waals surface area contributed by atoms with Crippen LogP contribution in [0.5, 0.6) is 0 Å². The van der Waals surface area contributed by atoms with Gasteiger partial charge >= 0.3 is 0 Å². The van der Waals surface area contributed by atoms with E-state index in [1.165, 1.54) is 0 Å². The van der Waals surface area contributed by atoms with E-state index in [0.717, 1.165) is 38.1 Å². The summed E-state index contributed by atoms with van der Waals surface area (Å²) in [7, 11) is 1.68. The van der Waals surface area contributed by atoms with Crippen LogP contribution in [0.2, 0.25) is 0 Å². The number of ether oxygens (including phenoxy) is 1. The Morgan fingerprint density at radius 3 is 3.05 bits per heavy atom. The molecule has 0 N–H and O–H groups in total. The van der Waals surface area contributed by atoms with Gasteiger partial charge in [-0.15, -0.1) is 0 Å². The van der Waals surface area contributed by atoms with Gasteiger partial charge in [0.1, 0.15) is 0 Å². The molecule has 2 heterocycles. The topological polar surface area (TPSA) is 68.5 Å². The van der Waals surface area contributed by atoms with Crippen LogP contribution in [0.3, 0.4) is 0 Å². The Hall–Kier alpha value is -1.43. The summed E-state index contributed by atoms with van der Waals surface area (Å²) >= 11 is 0. The van der Waals surface area contributed by atoms with Crippen molar-refractivity contribution in [3.05, 3.63) is 11.7 Å². The van der Waals surface area contributed by atoms with E-state index in [9.17, 15) is 4.79 Å². The van der Waals surface area contributed by atoms with Crippen LogP contribution in [-0.2, 0) is 16.0 Å². The Labute approximate surface area is 118 Å². The van der Waals surface area contributed by atoms with Crippen LogP contribution in [0.25, 0.3) is 0 Å². The van der Waals surface area contributed by atoms with Crippen LogP contribution in [0.15, 0.2) is 4.52 Å². The van der Waals surface area contributed by atoms with Crippen molar-refractivity contribution < 1.29 is 14.1 Å². The lowest BCUT2D eigenvalue weighted by molar-refractivity contribution is -0.132. The van der Waals surface area contributed by atoms with Gasteiger partial charge < -0.3 is 14.2 Å². The van der Waals surface area contributed by atoms with E-state index in [2.05, 4.69) is 10.1 Å². The molecular formula is C14H21N3O3. The highest BCUT2D eigenvalue weighted by atomic mass is 16.5. The quantitative estimate of drug-likeness (QED) is 0.789. The maximum atomic E-state index is 12.2. The summed E-state index contributed by atoms with van der Waals surface area (Å²) in [5.41, 5.74) is 0. The highest BCUT2D eigenvalue weighted by Crippen LogP contribution is 2.38. The van der Waals surface area contributed by atoms with Crippen LogP contribution in [0.4, 0.5) is 0 Å². The van der Waals surface area contributed by atoms with Crippen molar-refractivity contribution in [1.29, 1.82) is 0 Å². The predicted molar refractivity (Wildman–Crippen MR) is 71.2 cm³/mol. The van der Waals surface area contributed by atoms with Crippen LogP contribution in [0.1, 0.15) is 49.7 Å². The number of hydrogen-bond donors (Lipinski definition) is 0. The largest absolute Gasteiger partial charge is 0.383 e. The molecule has 0 radical (unpaired) electrons. The molecule has 1 aliphatic heterocycles. The molecule has 1 saturated carbocycles. The maximum absolute atomic E-state index is 12.2. The van der Waals surface area contributed by atoms with E-state index in [1.807, 2.05) is 4.90 Å². The van der Waals surface area contributed by atoms with Gasteiger partial charge in [-0.25, -0.2) is 0 Å². The fourth-order valence-electron chi connectivity index (χ4n) is 2.76. The number of aryl methyl sites for hydroxylation is 1. The average molecular weight is 279 g/mol. The molecule has 1 aromatic rings. The number of carbonyl (C=O) groups is 1. The Morgan fingerprint density at radius 1 is 1.45 bits per heavy atom. The molecule has 6 nitrogen and oxygen atoms in total. The van der Waals surface area contributed by atoms with Crippen molar-refractivity contribution >= 4 is 5.91 Å².